The first kappa shape index (κ1) is 42.4. The molecule has 0 heterocycles. The van der Waals surface area contributed by atoms with Gasteiger partial charge in [0.25, 0.3) is 0 Å². The highest BCUT2D eigenvalue weighted by Gasteiger charge is 2.16. The zero-order valence-electron chi connectivity index (χ0n) is 32.0. The second-order valence-electron chi connectivity index (χ2n) is 14.3. The van der Waals surface area contributed by atoms with E-state index in [9.17, 15) is 4.57 Å². The van der Waals surface area contributed by atoms with Crippen molar-refractivity contribution in [3.8, 4) is 11.5 Å². The Morgan fingerprint density at radius 1 is 0.396 bits per heavy atom. The largest absolute Gasteiger partial charge is 0.418 e. The van der Waals surface area contributed by atoms with Crippen LogP contribution in [0.15, 0.2) is 36.4 Å². The Balaban J connectivity index is 2.15. The highest BCUT2D eigenvalue weighted by molar-refractivity contribution is 7.34. The topological polar surface area (TPSA) is 35.5 Å². The van der Waals surface area contributed by atoms with E-state index in [4.69, 9.17) is 9.05 Å². The van der Waals surface area contributed by atoms with Crippen molar-refractivity contribution in [3.05, 3.63) is 58.7 Å². The van der Waals surface area contributed by atoms with E-state index in [1.807, 2.05) is 12.1 Å². The SMILES string of the molecule is CCCCCCCCc1cccc(O[PH](=O)Oc2cccc(CCCCCCCC)c2CCCCCCCC)c1CCCCCCCC. The molecule has 0 aliphatic heterocycles. The van der Waals surface area contributed by atoms with E-state index in [2.05, 4.69) is 52.0 Å². The van der Waals surface area contributed by atoms with Crippen molar-refractivity contribution < 1.29 is 13.6 Å². The van der Waals surface area contributed by atoms with Gasteiger partial charge in [-0.2, -0.15) is 0 Å². The van der Waals surface area contributed by atoms with Gasteiger partial charge in [0.1, 0.15) is 11.5 Å². The predicted molar refractivity (Wildman–Crippen MR) is 211 cm³/mol. The third-order valence-electron chi connectivity index (χ3n) is 10.0. The first-order valence-corrected chi connectivity index (χ1v) is 22.0. The van der Waals surface area contributed by atoms with Crippen molar-refractivity contribution in [1.82, 2.24) is 0 Å². The summed E-state index contributed by atoms with van der Waals surface area (Å²) in [5.74, 6) is 1.55. The van der Waals surface area contributed by atoms with Crippen molar-refractivity contribution in [2.75, 3.05) is 0 Å². The predicted octanol–water partition coefficient (Wildman–Crippen LogP) is 15.1. The molecular formula is C44H75O3P. The molecule has 274 valence electrons. The van der Waals surface area contributed by atoms with Crippen molar-refractivity contribution in [3.63, 3.8) is 0 Å². The molecule has 0 N–H and O–H groups in total. The molecule has 0 atom stereocenters. The highest BCUT2D eigenvalue weighted by atomic mass is 31.1. The van der Waals surface area contributed by atoms with Crippen molar-refractivity contribution in [1.29, 1.82) is 0 Å². The Bertz CT molecular complexity index is 997. The summed E-state index contributed by atoms with van der Waals surface area (Å²) in [6, 6.07) is 12.8. The highest BCUT2D eigenvalue weighted by Crippen LogP contribution is 2.38. The Morgan fingerprint density at radius 2 is 0.688 bits per heavy atom. The molecule has 0 spiro atoms. The monoisotopic (exact) mass is 683 g/mol. The molecule has 2 aromatic carbocycles. The molecule has 0 radical (unpaired) electrons. The molecule has 0 saturated heterocycles. The van der Waals surface area contributed by atoms with Gasteiger partial charge in [0.15, 0.2) is 0 Å². The molecular weight excluding hydrogens is 607 g/mol. The van der Waals surface area contributed by atoms with Crippen LogP contribution in [0.5, 0.6) is 11.5 Å². The van der Waals surface area contributed by atoms with E-state index in [0.29, 0.717) is 0 Å². The quantitative estimate of drug-likeness (QED) is 0.0569. The van der Waals surface area contributed by atoms with Gasteiger partial charge in [-0.1, -0.05) is 180 Å². The minimum absolute atomic E-state index is 0.775. The van der Waals surface area contributed by atoms with Crippen LogP contribution < -0.4 is 9.05 Å². The zero-order valence-corrected chi connectivity index (χ0v) is 33.0. The van der Waals surface area contributed by atoms with Gasteiger partial charge in [-0.3, -0.25) is 0 Å². The summed E-state index contributed by atoms with van der Waals surface area (Å²) in [6.45, 7) is 9.10. The van der Waals surface area contributed by atoms with Crippen LogP contribution in [0.2, 0.25) is 0 Å². The average Bonchev–Trinajstić information content (AvgIpc) is 3.09. The third kappa shape index (κ3) is 18.9. The summed E-state index contributed by atoms with van der Waals surface area (Å²) in [5.41, 5.74) is 5.26. The average molecular weight is 683 g/mol. The number of aryl methyl sites for hydroxylation is 2. The minimum atomic E-state index is -2.77. The summed E-state index contributed by atoms with van der Waals surface area (Å²) in [6.07, 6.45) is 34.8. The van der Waals surface area contributed by atoms with Crippen LogP contribution >= 0.6 is 8.25 Å². The van der Waals surface area contributed by atoms with E-state index in [1.54, 1.807) is 0 Å². The second kappa shape index (κ2) is 29.0. The fraction of sp³-hybridized carbons (Fsp3) is 0.727. The lowest BCUT2D eigenvalue weighted by Gasteiger charge is -2.18. The van der Waals surface area contributed by atoms with Gasteiger partial charge >= 0.3 is 8.25 Å². The van der Waals surface area contributed by atoms with Crippen LogP contribution in [0, 0.1) is 0 Å². The van der Waals surface area contributed by atoms with Gasteiger partial charge in [0.05, 0.1) is 0 Å². The van der Waals surface area contributed by atoms with Crippen LogP contribution in [-0.4, -0.2) is 0 Å². The Hall–Kier alpha value is -1.73. The van der Waals surface area contributed by atoms with E-state index in [-0.39, 0.29) is 0 Å². The molecule has 2 aromatic rings. The molecule has 0 unspecified atom stereocenters. The minimum Gasteiger partial charge on any atom is -0.418 e. The molecule has 0 fully saturated rings. The first-order valence-electron chi connectivity index (χ1n) is 20.8. The van der Waals surface area contributed by atoms with Gasteiger partial charge in [0.2, 0.25) is 0 Å². The zero-order chi connectivity index (χ0) is 34.5. The van der Waals surface area contributed by atoms with E-state index >= 15 is 0 Å². The van der Waals surface area contributed by atoms with E-state index in [1.165, 1.54) is 164 Å². The number of unbranched alkanes of at least 4 members (excludes halogenated alkanes) is 20. The Labute approximate surface area is 298 Å². The lowest BCUT2D eigenvalue weighted by Crippen LogP contribution is -2.02. The third-order valence-corrected chi connectivity index (χ3v) is 10.8. The summed E-state index contributed by atoms with van der Waals surface area (Å²) in [5, 5.41) is 0. The van der Waals surface area contributed by atoms with Gasteiger partial charge in [-0.25, -0.2) is 4.57 Å². The van der Waals surface area contributed by atoms with Crippen LogP contribution in [0.1, 0.15) is 204 Å². The van der Waals surface area contributed by atoms with Crippen molar-refractivity contribution in [2.45, 2.75) is 207 Å². The molecule has 0 amide bonds. The first-order chi connectivity index (χ1) is 23.6. The van der Waals surface area contributed by atoms with E-state index < -0.39 is 8.25 Å². The molecule has 3 nitrogen and oxygen atoms in total. The lowest BCUT2D eigenvalue weighted by atomic mass is 9.95. The summed E-state index contributed by atoms with van der Waals surface area (Å²) < 4.78 is 26.2. The molecule has 48 heavy (non-hydrogen) atoms. The molecule has 0 aliphatic rings. The van der Waals surface area contributed by atoms with Gasteiger partial charge in [-0.05, 0) is 85.8 Å². The van der Waals surface area contributed by atoms with Gasteiger partial charge in [0, 0.05) is 0 Å². The standard InChI is InChI=1S/C44H75O3P/c1-5-9-13-17-21-25-31-39-33-29-37-43(41(39)35-27-23-19-15-11-7-3)46-48(45)47-44-38-30-34-40(32-26-22-18-14-10-6-2)42(44)36-28-24-20-16-12-8-4/h29-30,33-34,37-38,48H,5-28,31-32,35-36H2,1-4H3. The summed E-state index contributed by atoms with van der Waals surface area (Å²) in [4.78, 5) is 0. The fourth-order valence-electron chi connectivity index (χ4n) is 7.01. The molecule has 0 aliphatic carbocycles. The Morgan fingerprint density at radius 3 is 1.02 bits per heavy atom. The van der Waals surface area contributed by atoms with E-state index in [0.717, 1.165) is 50.0 Å². The van der Waals surface area contributed by atoms with Crippen molar-refractivity contribution >= 4 is 8.25 Å². The molecule has 0 bridgehead atoms. The maximum atomic E-state index is 13.7. The van der Waals surface area contributed by atoms with Crippen LogP contribution in [0.4, 0.5) is 0 Å². The molecule has 4 heteroatoms. The smallest absolute Gasteiger partial charge is 0.418 e. The molecule has 0 saturated carbocycles. The molecule has 2 rings (SSSR count). The summed E-state index contributed by atoms with van der Waals surface area (Å²) >= 11 is 0. The Kier molecular flexibility index (Phi) is 25.7. The number of hydrogen-bond donors (Lipinski definition) is 0. The maximum absolute atomic E-state index is 13.7. The van der Waals surface area contributed by atoms with Crippen LogP contribution in [0.3, 0.4) is 0 Å². The van der Waals surface area contributed by atoms with Crippen LogP contribution in [-0.2, 0) is 30.2 Å². The number of rotatable bonds is 32. The number of benzene rings is 2. The normalized spacial score (nSPS) is 11.4. The maximum Gasteiger partial charge on any atom is 0.418 e. The lowest BCUT2D eigenvalue weighted by molar-refractivity contribution is 0.410. The molecule has 0 aromatic heterocycles. The van der Waals surface area contributed by atoms with Crippen molar-refractivity contribution in [2.24, 2.45) is 0 Å². The van der Waals surface area contributed by atoms with Gasteiger partial charge in [-0.15, -0.1) is 0 Å². The second-order valence-corrected chi connectivity index (χ2v) is 15.2. The fourth-order valence-corrected chi connectivity index (χ4v) is 7.79. The number of hydrogen-bond acceptors (Lipinski definition) is 3. The summed E-state index contributed by atoms with van der Waals surface area (Å²) in [7, 11) is -2.77. The van der Waals surface area contributed by atoms with Gasteiger partial charge < -0.3 is 9.05 Å². The van der Waals surface area contributed by atoms with Crippen LogP contribution in [0.25, 0.3) is 0 Å².